The number of phenolic OH excluding ortho intramolecular Hbond substituents is 2. The fraction of sp³-hybridized carbons (Fsp3) is 0.312. The van der Waals surface area contributed by atoms with Gasteiger partial charge in [0, 0.05) is 55.4 Å². The lowest BCUT2D eigenvalue weighted by molar-refractivity contribution is -0.0400. The van der Waals surface area contributed by atoms with Gasteiger partial charge in [-0.15, -0.1) is 0 Å². The zero-order chi connectivity index (χ0) is 48.1. The van der Waals surface area contributed by atoms with Gasteiger partial charge in [-0.3, -0.25) is 20.0 Å². The quantitative estimate of drug-likeness (QED) is 0.0850. The molecule has 0 spiro atoms. The first-order valence-electron chi connectivity index (χ1n) is 22.0. The van der Waals surface area contributed by atoms with Gasteiger partial charge in [-0.1, -0.05) is 41.9 Å². The highest BCUT2D eigenvalue weighted by Gasteiger charge is 2.28. The topological polar surface area (TPSA) is 230 Å². The maximum atomic E-state index is 13.5. The number of piperazine rings is 1. The number of phenols is 2. The first kappa shape index (κ1) is 47.2. The van der Waals surface area contributed by atoms with Crippen molar-refractivity contribution in [3.05, 3.63) is 128 Å². The molecular weight excluding hydrogens is 940 g/mol. The number of hydrogen-bond donors (Lipinski definition) is 5. The minimum atomic E-state index is -0.560. The summed E-state index contributed by atoms with van der Waals surface area (Å²) in [6.07, 6.45) is 1.98. The van der Waals surface area contributed by atoms with Crippen molar-refractivity contribution < 1.29 is 38.8 Å². The Hall–Kier alpha value is -7.29. The van der Waals surface area contributed by atoms with E-state index in [1.54, 1.807) is 60.5 Å². The average molecular weight is 992 g/mol. The van der Waals surface area contributed by atoms with Gasteiger partial charge in [-0.25, -0.2) is 29.0 Å². The van der Waals surface area contributed by atoms with Crippen LogP contribution in [0, 0.1) is 13.8 Å². The van der Waals surface area contributed by atoms with Gasteiger partial charge in [0.25, 0.3) is 5.91 Å². The smallest absolute Gasteiger partial charge is 0.415 e. The first-order valence-corrected chi connectivity index (χ1v) is 22.8. The molecule has 68 heavy (non-hydrogen) atoms. The van der Waals surface area contributed by atoms with E-state index in [1.165, 1.54) is 21.7 Å². The van der Waals surface area contributed by atoms with Gasteiger partial charge in [0.2, 0.25) is 0 Å². The molecule has 8 rings (SSSR count). The summed E-state index contributed by atoms with van der Waals surface area (Å²) in [5.74, 6) is 0.858. The van der Waals surface area contributed by atoms with E-state index in [1.807, 2.05) is 45.0 Å². The molecule has 1 atom stereocenters. The summed E-state index contributed by atoms with van der Waals surface area (Å²) in [6.45, 7) is 11.4. The van der Waals surface area contributed by atoms with Crippen molar-refractivity contribution in [1.29, 1.82) is 0 Å². The van der Waals surface area contributed by atoms with Gasteiger partial charge >= 0.3 is 17.8 Å². The zero-order valence-electron chi connectivity index (χ0n) is 37.9. The third-order valence-electron chi connectivity index (χ3n) is 11.6. The number of H-pyrrole nitrogens is 1. The number of benzene rings is 4. The second-order valence-electron chi connectivity index (χ2n) is 16.9. The lowest BCUT2D eigenvalue weighted by atomic mass is 9.98. The average Bonchev–Trinajstić information content (AvgIpc) is 3.71. The van der Waals surface area contributed by atoms with Crippen LogP contribution in [0.1, 0.15) is 52.5 Å². The Labute approximate surface area is 399 Å². The molecule has 354 valence electrons. The highest BCUT2D eigenvalue weighted by molar-refractivity contribution is 9.10. The molecule has 0 bridgehead atoms. The van der Waals surface area contributed by atoms with Gasteiger partial charge in [-0.05, 0) is 91.1 Å². The molecule has 6 aromatic rings. The highest BCUT2D eigenvalue weighted by Crippen LogP contribution is 2.37. The van der Waals surface area contributed by atoms with E-state index in [0.29, 0.717) is 84.7 Å². The predicted molar refractivity (Wildman–Crippen MR) is 256 cm³/mol. The molecule has 0 aliphatic carbocycles. The lowest BCUT2D eigenvalue weighted by Gasteiger charge is -2.35. The van der Waals surface area contributed by atoms with Gasteiger partial charge in [-0.2, -0.15) is 5.10 Å². The number of aromatic amines is 1. The van der Waals surface area contributed by atoms with Crippen LogP contribution in [-0.2, 0) is 11.3 Å². The summed E-state index contributed by atoms with van der Waals surface area (Å²) in [6, 6.07) is 19.9. The number of hydrogen-bond acceptors (Lipinski definition) is 13. The number of aryl methyl sites for hydroxylation is 2. The number of rotatable bonds is 12. The molecule has 2 saturated heterocycles. The molecule has 5 N–H and O–H groups in total. The summed E-state index contributed by atoms with van der Waals surface area (Å²) in [4.78, 5) is 66.4. The minimum Gasteiger partial charge on any atom is -0.508 e. The van der Waals surface area contributed by atoms with Gasteiger partial charge in [0.05, 0.1) is 48.2 Å². The Morgan fingerprint density at radius 1 is 0.897 bits per heavy atom. The maximum Gasteiger partial charge on any atom is 0.415 e. The first-order chi connectivity index (χ1) is 32.7. The number of nitrogens with zero attached hydrogens (tertiary/aromatic N) is 7. The van der Waals surface area contributed by atoms with Crippen LogP contribution >= 0.6 is 15.9 Å². The van der Waals surface area contributed by atoms with Crippen LogP contribution < -0.4 is 25.8 Å². The van der Waals surface area contributed by atoms with E-state index in [4.69, 9.17) is 14.2 Å². The van der Waals surface area contributed by atoms with Crippen LogP contribution in [-0.4, -0.2) is 126 Å². The number of anilines is 2. The van der Waals surface area contributed by atoms with Crippen LogP contribution in [0.15, 0.2) is 94.5 Å². The van der Waals surface area contributed by atoms with E-state index in [0.717, 1.165) is 21.3 Å². The monoisotopic (exact) mass is 990 g/mol. The van der Waals surface area contributed by atoms with E-state index in [-0.39, 0.29) is 48.9 Å². The Balaban J connectivity index is 0.799. The Kier molecular flexibility index (Phi) is 14.4. The summed E-state index contributed by atoms with van der Waals surface area (Å²) < 4.78 is 19.9. The van der Waals surface area contributed by atoms with Crippen molar-refractivity contribution in [1.82, 2.24) is 39.4 Å². The molecule has 4 heterocycles. The SMILES string of the molecule is Cc1cnc(NC(=O)Nc2cc(Br)c(C)cc2OC[C@H]2CN(C(=O)Oc3ccc(C(=O)N4CCN(Cc5ccc(-n6c(-c7cc(C(C)C)c(O)cc7O)n[nH]c6=O)cc5)CC4)cc3)CCO2)cn1. The van der Waals surface area contributed by atoms with Crippen LogP contribution in [0.3, 0.4) is 0 Å². The van der Waals surface area contributed by atoms with Crippen LogP contribution in [0.5, 0.6) is 23.0 Å². The fourth-order valence-corrected chi connectivity index (χ4v) is 8.20. The molecule has 0 saturated carbocycles. The Bertz CT molecular complexity index is 2850. The number of aromatic hydroxyl groups is 2. The molecular formula is C48H51BrN10O9. The van der Waals surface area contributed by atoms with Crippen LogP contribution in [0.2, 0.25) is 0 Å². The zero-order valence-corrected chi connectivity index (χ0v) is 39.4. The maximum absolute atomic E-state index is 13.5. The normalized spacial score (nSPS) is 15.3. The predicted octanol–water partition coefficient (Wildman–Crippen LogP) is 6.81. The standard InChI is InChI=1S/C48H51BrN10O9/c1-28(2)36-20-37(41(61)22-40(36)60)44-54-55-47(64)59(44)33-9-5-31(6-10-33)25-56-13-15-57(16-14-56)45(62)32-7-11-34(12-8-32)68-48(65)58-17-18-66-35(26-58)27-67-42-19-29(3)38(49)21-39(42)52-46(63)53-43-24-50-30(4)23-51-43/h5-12,19-24,28,35,60-61H,13-18,25-27H2,1-4H3,(H,55,64)(H2,51,52,53,63)/t35-/m1/s1. The molecule has 2 fully saturated rings. The second kappa shape index (κ2) is 20.7. The van der Waals surface area contributed by atoms with Crippen molar-refractivity contribution in [2.45, 2.75) is 46.3 Å². The summed E-state index contributed by atoms with van der Waals surface area (Å²) in [5.41, 5.74) is 4.55. The largest absolute Gasteiger partial charge is 0.508 e. The molecule has 2 aliphatic heterocycles. The molecule has 0 unspecified atom stereocenters. The molecule has 2 aromatic heterocycles. The van der Waals surface area contributed by atoms with E-state index >= 15 is 0 Å². The number of amides is 4. The molecule has 2 aliphatic rings. The summed E-state index contributed by atoms with van der Waals surface area (Å²) in [7, 11) is 0. The number of morpholine rings is 1. The molecule has 4 amide bonds. The molecule has 19 nitrogen and oxygen atoms in total. The van der Waals surface area contributed by atoms with Crippen molar-refractivity contribution in [2.75, 3.05) is 63.1 Å². The number of urea groups is 1. The lowest BCUT2D eigenvalue weighted by Crippen LogP contribution is -2.48. The Morgan fingerprint density at radius 2 is 1.65 bits per heavy atom. The second-order valence-corrected chi connectivity index (χ2v) is 17.7. The van der Waals surface area contributed by atoms with E-state index in [9.17, 15) is 29.4 Å². The van der Waals surface area contributed by atoms with E-state index < -0.39 is 23.9 Å². The number of carbonyl (C=O) groups is 3. The third-order valence-corrected chi connectivity index (χ3v) is 12.5. The van der Waals surface area contributed by atoms with E-state index in [2.05, 4.69) is 51.6 Å². The van der Waals surface area contributed by atoms with Crippen molar-refractivity contribution in [3.63, 3.8) is 0 Å². The molecule has 0 radical (unpaired) electrons. The number of nitrogens with one attached hydrogen (secondary N) is 3. The number of aromatic nitrogens is 5. The molecule has 20 heteroatoms. The van der Waals surface area contributed by atoms with Crippen LogP contribution in [0.25, 0.3) is 17.1 Å². The van der Waals surface area contributed by atoms with Gasteiger partial charge < -0.3 is 39.5 Å². The third kappa shape index (κ3) is 11.1. The minimum absolute atomic E-state index is 0.0229. The molecule has 4 aromatic carbocycles. The highest BCUT2D eigenvalue weighted by atomic mass is 79.9. The van der Waals surface area contributed by atoms with Crippen molar-refractivity contribution in [3.8, 4) is 40.1 Å². The van der Waals surface area contributed by atoms with Crippen molar-refractivity contribution >= 4 is 45.5 Å². The van der Waals surface area contributed by atoms with Crippen LogP contribution in [0.4, 0.5) is 21.1 Å². The van der Waals surface area contributed by atoms with Gasteiger partial charge in [0.15, 0.2) is 11.6 Å². The van der Waals surface area contributed by atoms with Crippen molar-refractivity contribution in [2.24, 2.45) is 0 Å². The number of carbonyl (C=O) groups excluding carboxylic acids is 3. The number of ether oxygens (including phenoxy) is 3. The summed E-state index contributed by atoms with van der Waals surface area (Å²) in [5, 5.41) is 33.1. The number of halogens is 1. The summed E-state index contributed by atoms with van der Waals surface area (Å²) >= 11 is 3.51. The Morgan fingerprint density at radius 3 is 2.35 bits per heavy atom. The van der Waals surface area contributed by atoms with Gasteiger partial charge in [0.1, 0.15) is 35.7 Å². The fourth-order valence-electron chi connectivity index (χ4n) is 7.85.